The number of aromatic nitrogens is 2. The highest BCUT2D eigenvalue weighted by Gasteiger charge is 2.21. The van der Waals surface area contributed by atoms with Gasteiger partial charge in [-0.05, 0) is 30.5 Å². The van der Waals surface area contributed by atoms with Gasteiger partial charge in [0.25, 0.3) is 0 Å². The fourth-order valence-electron chi connectivity index (χ4n) is 2.38. The van der Waals surface area contributed by atoms with Gasteiger partial charge in [-0.1, -0.05) is 26.0 Å². The van der Waals surface area contributed by atoms with Crippen LogP contribution in [0.5, 0.6) is 0 Å². The Morgan fingerprint density at radius 1 is 1.28 bits per heavy atom. The number of hydrogen-bond donors (Lipinski definition) is 1. The standard InChI is InChI=1S/C18H24FN3O2S/c1-18(2,13-8-10-14(19)11-9-13)12-20-17-21-15(22-25-17)6-4-5-7-16(23)24-3/h8-11H,4-7,12H2,1-3H3,(H,20,21,22). The van der Waals surface area contributed by atoms with Crippen molar-refractivity contribution in [2.24, 2.45) is 0 Å². The zero-order chi connectivity index (χ0) is 18.3. The first-order valence-electron chi connectivity index (χ1n) is 8.30. The molecule has 25 heavy (non-hydrogen) atoms. The average molecular weight is 365 g/mol. The molecule has 0 atom stereocenters. The largest absolute Gasteiger partial charge is 0.469 e. The Morgan fingerprint density at radius 2 is 2.00 bits per heavy atom. The molecule has 0 aliphatic heterocycles. The SMILES string of the molecule is COC(=O)CCCCc1nsc(NCC(C)(C)c2ccc(F)cc2)n1. The Labute approximate surface area is 151 Å². The Bertz CT molecular complexity index is 686. The number of esters is 1. The molecule has 0 spiro atoms. The number of aryl methyl sites for hydroxylation is 1. The van der Waals surface area contributed by atoms with Crippen LogP contribution in [0.2, 0.25) is 0 Å². The molecule has 2 rings (SSSR count). The first kappa shape index (κ1) is 19.3. The molecule has 0 aliphatic rings. The number of hydrogen-bond acceptors (Lipinski definition) is 6. The second kappa shape index (κ2) is 8.89. The minimum Gasteiger partial charge on any atom is -0.469 e. The maximum atomic E-state index is 13.1. The first-order chi connectivity index (χ1) is 11.9. The summed E-state index contributed by atoms with van der Waals surface area (Å²) in [7, 11) is 1.40. The molecule has 0 unspecified atom stereocenters. The molecule has 0 aliphatic carbocycles. The van der Waals surface area contributed by atoms with E-state index in [1.165, 1.54) is 30.8 Å². The molecule has 1 N–H and O–H groups in total. The van der Waals surface area contributed by atoms with E-state index < -0.39 is 0 Å². The highest BCUT2D eigenvalue weighted by Crippen LogP contribution is 2.24. The fourth-order valence-corrected chi connectivity index (χ4v) is 2.99. The number of carbonyl (C=O) groups is 1. The molecule has 5 nitrogen and oxygen atoms in total. The van der Waals surface area contributed by atoms with Gasteiger partial charge in [0.15, 0.2) is 0 Å². The van der Waals surface area contributed by atoms with E-state index in [2.05, 4.69) is 33.3 Å². The number of methoxy groups -OCH3 is 1. The van der Waals surface area contributed by atoms with Gasteiger partial charge in [0.1, 0.15) is 11.6 Å². The lowest BCUT2D eigenvalue weighted by Gasteiger charge is -2.25. The summed E-state index contributed by atoms with van der Waals surface area (Å²) in [6.45, 7) is 4.87. The van der Waals surface area contributed by atoms with Crippen LogP contribution in [0.1, 0.15) is 44.5 Å². The highest BCUT2D eigenvalue weighted by atomic mass is 32.1. The van der Waals surface area contributed by atoms with Crippen molar-refractivity contribution >= 4 is 22.6 Å². The van der Waals surface area contributed by atoms with Crippen molar-refractivity contribution in [3.63, 3.8) is 0 Å². The number of halogens is 1. The average Bonchev–Trinajstić information content (AvgIpc) is 3.05. The first-order valence-corrected chi connectivity index (χ1v) is 9.07. The lowest BCUT2D eigenvalue weighted by molar-refractivity contribution is -0.140. The van der Waals surface area contributed by atoms with Gasteiger partial charge in [-0.25, -0.2) is 9.37 Å². The second-order valence-corrected chi connectivity index (χ2v) is 7.30. The fraction of sp³-hybridized carbons (Fsp3) is 0.500. The lowest BCUT2D eigenvalue weighted by atomic mass is 9.85. The molecule has 2 aromatic rings. The van der Waals surface area contributed by atoms with Gasteiger partial charge in [0.05, 0.1) is 7.11 Å². The molecule has 0 bridgehead atoms. The van der Waals surface area contributed by atoms with Crippen LogP contribution in [0.15, 0.2) is 24.3 Å². The molecule has 0 amide bonds. The molecule has 7 heteroatoms. The van der Waals surface area contributed by atoms with E-state index in [1.54, 1.807) is 0 Å². The van der Waals surface area contributed by atoms with Crippen LogP contribution in [0.25, 0.3) is 0 Å². The predicted molar refractivity (Wildman–Crippen MR) is 97.4 cm³/mol. The summed E-state index contributed by atoms with van der Waals surface area (Å²) in [5.41, 5.74) is 0.911. The minimum atomic E-state index is -0.228. The van der Waals surface area contributed by atoms with E-state index in [-0.39, 0.29) is 17.2 Å². The number of nitrogens with one attached hydrogen (secondary N) is 1. The van der Waals surface area contributed by atoms with Gasteiger partial charge in [-0.15, -0.1) is 0 Å². The normalized spacial score (nSPS) is 11.4. The zero-order valence-corrected chi connectivity index (χ0v) is 15.7. The van der Waals surface area contributed by atoms with Crippen LogP contribution >= 0.6 is 11.5 Å². The Balaban J connectivity index is 1.80. The predicted octanol–water partition coefficient (Wildman–Crippen LogP) is 3.95. The molecule has 1 aromatic carbocycles. The number of anilines is 1. The van der Waals surface area contributed by atoms with Crippen molar-refractivity contribution in [3.05, 3.63) is 41.5 Å². The third-order valence-corrected chi connectivity index (χ3v) is 4.74. The Kier molecular flexibility index (Phi) is 6.87. The summed E-state index contributed by atoms with van der Waals surface area (Å²) in [6.07, 6.45) is 2.80. The summed E-state index contributed by atoms with van der Waals surface area (Å²) < 4.78 is 22.0. The van der Waals surface area contributed by atoms with Crippen molar-refractivity contribution < 1.29 is 13.9 Å². The van der Waals surface area contributed by atoms with E-state index in [4.69, 9.17) is 0 Å². The molecule has 136 valence electrons. The van der Waals surface area contributed by atoms with E-state index in [9.17, 15) is 9.18 Å². The van der Waals surface area contributed by atoms with Crippen molar-refractivity contribution in [1.82, 2.24) is 9.36 Å². The minimum absolute atomic E-state index is 0.153. The van der Waals surface area contributed by atoms with Crippen molar-refractivity contribution in [3.8, 4) is 0 Å². The van der Waals surface area contributed by atoms with Gasteiger partial charge in [-0.2, -0.15) is 4.37 Å². The molecular weight excluding hydrogens is 341 g/mol. The highest BCUT2D eigenvalue weighted by molar-refractivity contribution is 7.09. The summed E-state index contributed by atoms with van der Waals surface area (Å²) in [4.78, 5) is 15.5. The van der Waals surface area contributed by atoms with Crippen LogP contribution in [0, 0.1) is 5.82 Å². The van der Waals surface area contributed by atoms with E-state index in [0.717, 1.165) is 35.8 Å². The maximum absolute atomic E-state index is 13.1. The van der Waals surface area contributed by atoms with Gasteiger partial charge in [0, 0.05) is 36.3 Å². The third kappa shape index (κ3) is 6.08. The monoisotopic (exact) mass is 365 g/mol. The van der Waals surface area contributed by atoms with Gasteiger partial charge in [-0.3, -0.25) is 4.79 Å². The number of benzene rings is 1. The quantitative estimate of drug-likeness (QED) is 0.538. The Hall–Kier alpha value is -2.02. The van der Waals surface area contributed by atoms with Crippen molar-refractivity contribution in [2.45, 2.75) is 44.9 Å². The summed E-state index contributed by atoms with van der Waals surface area (Å²) >= 11 is 1.33. The van der Waals surface area contributed by atoms with Crippen LogP contribution in [0.4, 0.5) is 9.52 Å². The molecule has 0 saturated carbocycles. The van der Waals surface area contributed by atoms with E-state index >= 15 is 0 Å². The molecule has 1 aromatic heterocycles. The van der Waals surface area contributed by atoms with E-state index in [0.29, 0.717) is 13.0 Å². The second-order valence-electron chi connectivity index (χ2n) is 6.54. The molecule has 0 saturated heterocycles. The van der Waals surface area contributed by atoms with Gasteiger partial charge < -0.3 is 10.1 Å². The van der Waals surface area contributed by atoms with Crippen LogP contribution in [0.3, 0.4) is 0 Å². The number of unbranched alkanes of at least 4 members (excludes halogenated alkanes) is 1. The smallest absolute Gasteiger partial charge is 0.305 e. The molecule has 0 fully saturated rings. The number of rotatable bonds is 9. The van der Waals surface area contributed by atoms with Crippen molar-refractivity contribution in [2.75, 3.05) is 19.0 Å². The van der Waals surface area contributed by atoms with Gasteiger partial charge >= 0.3 is 5.97 Å². The van der Waals surface area contributed by atoms with Gasteiger partial charge in [0.2, 0.25) is 5.13 Å². The summed E-state index contributed by atoms with van der Waals surface area (Å²) in [6, 6.07) is 6.58. The number of ether oxygens (including phenoxy) is 1. The van der Waals surface area contributed by atoms with Crippen LogP contribution in [-0.2, 0) is 21.4 Å². The van der Waals surface area contributed by atoms with Crippen LogP contribution < -0.4 is 5.32 Å². The summed E-state index contributed by atoms with van der Waals surface area (Å²) in [5.74, 6) is 0.377. The summed E-state index contributed by atoms with van der Waals surface area (Å²) in [5, 5.41) is 4.09. The van der Waals surface area contributed by atoms with Crippen LogP contribution in [-0.4, -0.2) is 29.0 Å². The number of nitrogens with zero attached hydrogens (tertiary/aromatic N) is 2. The maximum Gasteiger partial charge on any atom is 0.305 e. The Morgan fingerprint density at radius 3 is 2.68 bits per heavy atom. The lowest BCUT2D eigenvalue weighted by Crippen LogP contribution is -2.27. The van der Waals surface area contributed by atoms with Crippen molar-refractivity contribution in [1.29, 1.82) is 0 Å². The number of carbonyl (C=O) groups excluding carboxylic acids is 1. The topological polar surface area (TPSA) is 64.1 Å². The molecular formula is C18H24FN3O2S. The zero-order valence-electron chi connectivity index (χ0n) is 14.8. The molecule has 1 heterocycles. The molecule has 0 radical (unpaired) electrons. The third-order valence-electron chi connectivity index (χ3n) is 4.03. The van der Waals surface area contributed by atoms with E-state index in [1.807, 2.05) is 12.1 Å².